The van der Waals surface area contributed by atoms with Crippen LogP contribution in [-0.4, -0.2) is 23.7 Å². The molecule has 0 radical (unpaired) electrons. The largest absolute Gasteiger partial charge is 0.364 e. The predicted octanol–water partition coefficient (Wildman–Crippen LogP) is 3.41. The summed E-state index contributed by atoms with van der Waals surface area (Å²) in [5.74, 6) is -1.12. The lowest BCUT2D eigenvalue weighted by Gasteiger charge is -2.30. The Morgan fingerprint density at radius 3 is 2.78 bits per heavy atom. The van der Waals surface area contributed by atoms with Gasteiger partial charge in [0.25, 0.3) is 0 Å². The van der Waals surface area contributed by atoms with Crippen LogP contribution < -0.4 is 0 Å². The summed E-state index contributed by atoms with van der Waals surface area (Å²) in [6, 6.07) is 2.11. The average molecular weight is 271 g/mol. The fourth-order valence-electron chi connectivity index (χ4n) is 1.87. The topological polar surface area (TPSA) is 15.6 Å². The zero-order valence-corrected chi connectivity index (χ0v) is 10.8. The fraction of sp³-hybridized carbons (Fsp3) is 0.308. The molecule has 0 atom stereocenters. The molecule has 0 aromatic heterocycles. The molecule has 2 rings (SSSR count). The Bertz CT molecular complexity index is 526. The van der Waals surface area contributed by atoms with E-state index < -0.39 is 11.6 Å². The van der Waals surface area contributed by atoms with Crippen molar-refractivity contribution in [1.29, 1.82) is 0 Å². The highest BCUT2D eigenvalue weighted by Crippen LogP contribution is 2.26. The van der Waals surface area contributed by atoms with Crippen molar-refractivity contribution in [2.45, 2.75) is 13.5 Å². The van der Waals surface area contributed by atoms with E-state index in [-0.39, 0.29) is 17.1 Å². The number of halogens is 3. The van der Waals surface area contributed by atoms with Crippen molar-refractivity contribution in [3.8, 4) is 0 Å². The molecule has 1 aliphatic rings. The lowest BCUT2D eigenvalue weighted by Crippen LogP contribution is -2.32. The minimum atomic E-state index is -0.610. The Kier molecular flexibility index (Phi) is 3.66. The molecule has 96 valence electrons. The first-order chi connectivity index (χ1) is 8.50. The van der Waals surface area contributed by atoms with Crippen molar-refractivity contribution >= 4 is 17.3 Å². The number of rotatable bonds is 2. The summed E-state index contributed by atoms with van der Waals surface area (Å²) < 4.78 is 27.0. The highest BCUT2D eigenvalue weighted by Gasteiger charge is 2.19. The highest BCUT2D eigenvalue weighted by atomic mass is 35.5. The first kappa shape index (κ1) is 13.0. The monoisotopic (exact) mass is 270 g/mol. The minimum Gasteiger partial charge on any atom is -0.364 e. The second kappa shape index (κ2) is 5.06. The molecule has 1 aromatic rings. The van der Waals surface area contributed by atoms with Crippen molar-refractivity contribution in [3.63, 3.8) is 0 Å². The standard InChI is InChI=1S/C13H13ClF2N2/c1-8-9(2)18(6-5-17-8)7-10-11(15)3-4-12(16)13(10)14/h3-4H,2,5-7H2,1H3. The maximum atomic E-state index is 13.7. The van der Waals surface area contributed by atoms with Gasteiger partial charge in [-0.15, -0.1) is 0 Å². The summed E-state index contributed by atoms with van der Waals surface area (Å²) in [5, 5.41) is -0.164. The third-order valence-electron chi connectivity index (χ3n) is 3.01. The van der Waals surface area contributed by atoms with Crippen LogP contribution in [0, 0.1) is 11.6 Å². The van der Waals surface area contributed by atoms with E-state index in [9.17, 15) is 8.78 Å². The van der Waals surface area contributed by atoms with Gasteiger partial charge in [0.1, 0.15) is 11.6 Å². The molecule has 5 heteroatoms. The van der Waals surface area contributed by atoms with E-state index in [2.05, 4.69) is 11.6 Å². The molecule has 0 saturated carbocycles. The number of allylic oxidation sites excluding steroid dienone is 1. The fourth-order valence-corrected chi connectivity index (χ4v) is 2.09. The normalized spacial score (nSPS) is 15.9. The third-order valence-corrected chi connectivity index (χ3v) is 3.41. The van der Waals surface area contributed by atoms with Gasteiger partial charge in [0.15, 0.2) is 0 Å². The van der Waals surface area contributed by atoms with E-state index in [1.54, 1.807) is 0 Å². The molecule has 1 aromatic carbocycles. The Labute approximate surface area is 110 Å². The molecule has 0 saturated heterocycles. The van der Waals surface area contributed by atoms with Crippen molar-refractivity contribution in [3.05, 3.63) is 46.6 Å². The second-order valence-corrected chi connectivity index (χ2v) is 4.54. The summed E-state index contributed by atoms with van der Waals surface area (Å²) in [6.45, 7) is 7.19. The van der Waals surface area contributed by atoms with Crippen molar-refractivity contribution in [1.82, 2.24) is 4.90 Å². The molecule has 0 fully saturated rings. The first-order valence-corrected chi connectivity index (χ1v) is 5.96. The summed E-state index contributed by atoms with van der Waals surface area (Å²) >= 11 is 5.80. The van der Waals surface area contributed by atoms with Crippen LogP contribution in [0.5, 0.6) is 0 Å². The van der Waals surface area contributed by atoms with Crippen LogP contribution in [0.4, 0.5) is 8.78 Å². The second-order valence-electron chi connectivity index (χ2n) is 4.16. The van der Waals surface area contributed by atoms with E-state index in [0.29, 0.717) is 13.1 Å². The van der Waals surface area contributed by atoms with Crippen LogP contribution in [0.15, 0.2) is 29.4 Å². The smallest absolute Gasteiger partial charge is 0.142 e. The molecule has 0 bridgehead atoms. The van der Waals surface area contributed by atoms with E-state index >= 15 is 0 Å². The van der Waals surface area contributed by atoms with Crippen LogP contribution >= 0.6 is 11.6 Å². The molecule has 18 heavy (non-hydrogen) atoms. The SMILES string of the molecule is C=C1C(C)=NCCN1Cc1c(F)ccc(F)c1Cl. The summed E-state index contributed by atoms with van der Waals surface area (Å²) in [7, 11) is 0. The van der Waals surface area contributed by atoms with Gasteiger partial charge in [-0.05, 0) is 19.1 Å². The molecule has 0 unspecified atom stereocenters. The average Bonchev–Trinajstić information content (AvgIpc) is 2.35. The van der Waals surface area contributed by atoms with E-state index in [1.807, 2.05) is 11.8 Å². The Morgan fingerprint density at radius 2 is 2.06 bits per heavy atom. The predicted molar refractivity (Wildman–Crippen MR) is 68.9 cm³/mol. The van der Waals surface area contributed by atoms with Crippen LogP contribution in [0.1, 0.15) is 12.5 Å². The molecule has 2 nitrogen and oxygen atoms in total. The Morgan fingerprint density at radius 1 is 1.39 bits per heavy atom. The van der Waals surface area contributed by atoms with Crippen LogP contribution in [-0.2, 0) is 6.54 Å². The quantitative estimate of drug-likeness (QED) is 0.752. The maximum absolute atomic E-state index is 13.7. The van der Waals surface area contributed by atoms with Crippen molar-refractivity contribution < 1.29 is 8.78 Å². The van der Waals surface area contributed by atoms with Gasteiger partial charge in [-0.2, -0.15) is 0 Å². The summed E-state index contributed by atoms with van der Waals surface area (Å²) in [4.78, 5) is 6.09. The van der Waals surface area contributed by atoms with Gasteiger partial charge in [-0.3, -0.25) is 4.99 Å². The molecule has 0 amide bonds. The van der Waals surface area contributed by atoms with E-state index in [0.717, 1.165) is 23.5 Å². The number of benzene rings is 1. The van der Waals surface area contributed by atoms with Crippen LogP contribution in [0.3, 0.4) is 0 Å². The van der Waals surface area contributed by atoms with Gasteiger partial charge in [0, 0.05) is 18.7 Å². The van der Waals surface area contributed by atoms with Gasteiger partial charge >= 0.3 is 0 Å². The van der Waals surface area contributed by atoms with Crippen LogP contribution in [0.25, 0.3) is 0 Å². The Balaban J connectivity index is 2.28. The minimum absolute atomic E-state index is 0.160. The first-order valence-electron chi connectivity index (χ1n) is 5.58. The third kappa shape index (κ3) is 2.38. The number of hydrogen-bond acceptors (Lipinski definition) is 2. The molecule has 1 aliphatic heterocycles. The molecule has 0 spiro atoms. The summed E-state index contributed by atoms with van der Waals surface area (Å²) in [5.41, 5.74) is 1.70. The molecular weight excluding hydrogens is 258 g/mol. The number of hydrogen-bond donors (Lipinski definition) is 0. The van der Waals surface area contributed by atoms with Crippen LogP contribution in [0.2, 0.25) is 5.02 Å². The maximum Gasteiger partial charge on any atom is 0.142 e. The number of nitrogens with zero attached hydrogens (tertiary/aromatic N) is 2. The molecule has 0 N–H and O–H groups in total. The van der Waals surface area contributed by atoms with Crippen molar-refractivity contribution in [2.75, 3.05) is 13.1 Å². The van der Waals surface area contributed by atoms with Crippen molar-refractivity contribution in [2.24, 2.45) is 4.99 Å². The molecule has 0 aliphatic carbocycles. The molecular formula is C13H13ClF2N2. The highest BCUT2D eigenvalue weighted by molar-refractivity contribution is 6.31. The zero-order chi connectivity index (χ0) is 13.3. The van der Waals surface area contributed by atoms with Gasteiger partial charge < -0.3 is 4.90 Å². The lowest BCUT2D eigenvalue weighted by molar-refractivity contribution is 0.347. The van der Waals surface area contributed by atoms with E-state index in [1.165, 1.54) is 0 Å². The van der Waals surface area contributed by atoms with E-state index in [4.69, 9.17) is 11.6 Å². The number of aliphatic imine (C=N–C) groups is 1. The lowest BCUT2D eigenvalue weighted by atomic mass is 10.1. The molecule has 1 heterocycles. The van der Waals surface area contributed by atoms with Gasteiger partial charge in [0.05, 0.1) is 23.0 Å². The van der Waals surface area contributed by atoms with Gasteiger partial charge in [-0.1, -0.05) is 18.2 Å². The Hall–Kier alpha value is -1.42. The summed E-state index contributed by atoms with van der Waals surface area (Å²) in [6.07, 6.45) is 0. The van der Waals surface area contributed by atoms with Gasteiger partial charge in [0.2, 0.25) is 0 Å². The zero-order valence-electron chi connectivity index (χ0n) is 10.0. The van der Waals surface area contributed by atoms with Gasteiger partial charge in [-0.25, -0.2) is 8.78 Å².